The van der Waals surface area contributed by atoms with E-state index in [1.807, 2.05) is 37.3 Å². The van der Waals surface area contributed by atoms with Crippen LogP contribution in [-0.4, -0.2) is 27.9 Å². The van der Waals surface area contributed by atoms with E-state index in [1.54, 1.807) is 47.2 Å². The lowest BCUT2D eigenvalue weighted by atomic mass is 10.1. The summed E-state index contributed by atoms with van der Waals surface area (Å²) in [5, 5.41) is 14.2. The summed E-state index contributed by atoms with van der Waals surface area (Å²) in [6.45, 7) is 1.75. The molecule has 0 aliphatic rings. The Hall–Kier alpha value is -4.77. The molecular formula is C27H22FN5O2. The number of hydrogen-bond acceptors (Lipinski definition) is 4. The summed E-state index contributed by atoms with van der Waals surface area (Å²) < 4.78 is 15.2. The average molecular weight is 468 g/mol. The van der Waals surface area contributed by atoms with E-state index in [2.05, 4.69) is 15.6 Å². The van der Waals surface area contributed by atoms with Gasteiger partial charge in [-0.2, -0.15) is 5.26 Å². The molecule has 8 heteroatoms. The Morgan fingerprint density at radius 2 is 1.77 bits per heavy atom. The van der Waals surface area contributed by atoms with Gasteiger partial charge in [0.25, 0.3) is 0 Å². The number of carbonyl (C=O) groups excluding carboxylic acids is 2. The maximum absolute atomic E-state index is 13.5. The van der Waals surface area contributed by atoms with E-state index in [4.69, 9.17) is 5.26 Å². The normalized spacial score (nSPS) is 10.4. The highest BCUT2D eigenvalue weighted by molar-refractivity contribution is 5.94. The minimum atomic E-state index is -0.421. The van der Waals surface area contributed by atoms with Crippen LogP contribution < -0.4 is 10.6 Å². The third-order valence-electron chi connectivity index (χ3n) is 5.27. The third-order valence-corrected chi connectivity index (χ3v) is 5.27. The molecule has 2 N–H and O–H groups in total. The summed E-state index contributed by atoms with van der Waals surface area (Å²) in [6, 6.07) is 22.3. The van der Waals surface area contributed by atoms with Crippen LogP contribution in [0.2, 0.25) is 0 Å². The number of anilines is 1. The van der Waals surface area contributed by atoms with Crippen molar-refractivity contribution in [3.05, 3.63) is 102 Å². The Labute approximate surface area is 201 Å². The summed E-state index contributed by atoms with van der Waals surface area (Å²) in [6.07, 6.45) is 1.72. The number of nitrogens with zero attached hydrogens (tertiary/aromatic N) is 3. The van der Waals surface area contributed by atoms with Gasteiger partial charge < -0.3 is 15.2 Å². The molecule has 0 saturated carbocycles. The van der Waals surface area contributed by atoms with Gasteiger partial charge in [0.15, 0.2) is 0 Å². The van der Waals surface area contributed by atoms with Gasteiger partial charge in [-0.3, -0.25) is 9.59 Å². The van der Waals surface area contributed by atoms with Crippen molar-refractivity contribution < 1.29 is 14.0 Å². The fourth-order valence-corrected chi connectivity index (χ4v) is 3.49. The van der Waals surface area contributed by atoms with Crippen LogP contribution in [-0.2, 0) is 16.0 Å². The number of aromatic nitrogens is 2. The van der Waals surface area contributed by atoms with Crippen molar-refractivity contribution in [1.82, 2.24) is 14.9 Å². The van der Waals surface area contributed by atoms with Gasteiger partial charge in [0, 0.05) is 23.1 Å². The second-order valence-electron chi connectivity index (χ2n) is 7.95. The number of carbonyl (C=O) groups is 2. The first-order chi connectivity index (χ1) is 16.9. The molecule has 0 atom stereocenters. The fraction of sp³-hybridized carbons (Fsp3) is 0.111. The summed E-state index contributed by atoms with van der Waals surface area (Å²) in [4.78, 5) is 29.5. The topological polar surface area (TPSA) is 99.8 Å². The number of amides is 2. The molecular weight excluding hydrogens is 445 g/mol. The molecule has 0 bridgehead atoms. The lowest BCUT2D eigenvalue weighted by Crippen LogP contribution is -2.34. The van der Waals surface area contributed by atoms with Crippen molar-refractivity contribution in [2.45, 2.75) is 13.3 Å². The number of halogens is 1. The van der Waals surface area contributed by atoms with E-state index in [-0.39, 0.29) is 18.8 Å². The van der Waals surface area contributed by atoms with E-state index in [1.165, 1.54) is 12.1 Å². The van der Waals surface area contributed by atoms with E-state index < -0.39 is 11.8 Å². The first kappa shape index (κ1) is 23.4. The van der Waals surface area contributed by atoms with Crippen LogP contribution in [0.15, 0.2) is 79.0 Å². The zero-order valence-electron chi connectivity index (χ0n) is 19.0. The molecule has 0 spiro atoms. The Balaban J connectivity index is 1.48. The van der Waals surface area contributed by atoms with Gasteiger partial charge in [0.2, 0.25) is 11.8 Å². The molecule has 0 radical (unpaired) electrons. The molecule has 0 aliphatic carbocycles. The van der Waals surface area contributed by atoms with Gasteiger partial charge in [0.05, 0.1) is 30.3 Å². The molecule has 2 amide bonds. The molecule has 174 valence electrons. The average Bonchev–Trinajstić information content (AvgIpc) is 3.27. The lowest BCUT2D eigenvalue weighted by Gasteiger charge is -2.09. The maximum atomic E-state index is 13.5. The molecule has 3 aromatic carbocycles. The highest BCUT2D eigenvalue weighted by atomic mass is 19.1. The van der Waals surface area contributed by atoms with Gasteiger partial charge in [-0.05, 0) is 49.4 Å². The number of hydrogen-bond donors (Lipinski definition) is 2. The maximum Gasteiger partial charge on any atom is 0.243 e. The highest BCUT2D eigenvalue weighted by Gasteiger charge is 2.16. The van der Waals surface area contributed by atoms with E-state index >= 15 is 0 Å². The van der Waals surface area contributed by atoms with Crippen molar-refractivity contribution in [1.29, 1.82) is 5.26 Å². The minimum absolute atomic E-state index is 0.0829. The molecule has 0 fully saturated rings. The second-order valence-corrected chi connectivity index (χ2v) is 7.95. The van der Waals surface area contributed by atoms with Crippen molar-refractivity contribution in [3.63, 3.8) is 0 Å². The standard InChI is InChI=1S/C27H22FN5O2/c1-18-5-7-20(8-6-18)24-17-33(23-11-9-21(28)10-12-23)25(32-24)14-26(34)30-16-27(35)31-22-4-2-3-19(13-22)15-29/h2-13,17H,14,16H2,1H3,(H,30,34)(H,31,35). The smallest absolute Gasteiger partial charge is 0.243 e. The Morgan fingerprint density at radius 1 is 1.03 bits per heavy atom. The number of nitriles is 1. The zero-order valence-corrected chi connectivity index (χ0v) is 19.0. The summed E-state index contributed by atoms with van der Waals surface area (Å²) in [7, 11) is 0. The Kier molecular flexibility index (Phi) is 6.98. The number of aryl methyl sites for hydroxylation is 1. The quantitative estimate of drug-likeness (QED) is 0.426. The molecule has 0 aliphatic heterocycles. The lowest BCUT2D eigenvalue weighted by molar-refractivity contribution is -0.123. The first-order valence-electron chi connectivity index (χ1n) is 10.9. The van der Waals surface area contributed by atoms with Crippen LogP contribution in [0.4, 0.5) is 10.1 Å². The molecule has 4 rings (SSSR count). The van der Waals surface area contributed by atoms with Gasteiger partial charge in [-0.1, -0.05) is 35.9 Å². The molecule has 35 heavy (non-hydrogen) atoms. The number of rotatable bonds is 7. The minimum Gasteiger partial charge on any atom is -0.347 e. The van der Waals surface area contributed by atoms with Crippen molar-refractivity contribution >= 4 is 17.5 Å². The van der Waals surface area contributed by atoms with E-state index in [0.717, 1.165) is 11.1 Å². The molecule has 4 aromatic rings. The van der Waals surface area contributed by atoms with Crippen LogP contribution in [0.5, 0.6) is 0 Å². The van der Waals surface area contributed by atoms with Crippen LogP contribution >= 0.6 is 0 Å². The number of benzene rings is 3. The SMILES string of the molecule is Cc1ccc(-c2cn(-c3ccc(F)cc3)c(CC(=O)NCC(=O)Nc3cccc(C#N)c3)n2)cc1. The van der Waals surface area contributed by atoms with Crippen molar-refractivity contribution in [2.75, 3.05) is 11.9 Å². The fourth-order valence-electron chi connectivity index (χ4n) is 3.49. The largest absolute Gasteiger partial charge is 0.347 e. The van der Waals surface area contributed by atoms with Crippen LogP contribution in [0, 0.1) is 24.1 Å². The van der Waals surface area contributed by atoms with Crippen LogP contribution in [0.1, 0.15) is 17.0 Å². The predicted octanol–water partition coefficient (Wildman–Crippen LogP) is 4.16. The molecule has 0 unspecified atom stereocenters. The van der Waals surface area contributed by atoms with Crippen LogP contribution in [0.3, 0.4) is 0 Å². The Bertz CT molecular complexity index is 1400. The molecule has 7 nitrogen and oxygen atoms in total. The number of nitrogens with one attached hydrogen (secondary N) is 2. The van der Waals surface area contributed by atoms with Gasteiger partial charge in [-0.15, -0.1) is 0 Å². The monoisotopic (exact) mass is 467 g/mol. The molecule has 0 saturated heterocycles. The Morgan fingerprint density at radius 3 is 2.49 bits per heavy atom. The third kappa shape index (κ3) is 5.97. The molecule has 1 heterocycles. The molecule has 1 aromatic heterocycles. The van der Waals surface area contributed by atoms with Crippen LogP contribution in [0.25, 0.3) is 16.9 Å². The summed E-state index contributed by atoms with van der Waals surface area (Å²) in [5.41, 5.74) is 4.23. The summed E-state index contributed by atoms with van der Waals surface area (Å²) >= 11 is 0. The van der Waals surface area contributed by atoms with E-state index in [9.17, 15) is 14.0 Å². The van der Waals surface area contributed by atoms with Crippen molar-refractivity contribution in [3.8, 4) is 23.0 Å². The zero-order chi connectivity index (χ0) is 24.8. The van der Waals surface area contributed by atoms with Gasteiger partial charge >= 0.3 is 0 Å². The highest BCUT2D eigenvalue weighted by Crippen LogP contribution is 2.23. The van der Waals surface area contributed by atoms with Gasteiger partial charge in [-0.25, -0.2) is 9.37 Å². The predicted molar refractivity (Wildman–Crippen MR) is 130 cm³/mol. The number of imidazole rings is 1. The van der Waals surface area contributed by atoms with Crippen molar-refractivity contribution in [2.24, 2.45) is 0 Å². The summed E-state index contributed by atoms with van der Waals surface area (Å²) in [5.74, 6) is -0.726. The first-order valence-corrected chi connectivity index (χ1v) is 10.9. The van der Waals surface area contributed by atoms with Gasteiger partial charge in [0.1, 0.15) is 11.6 Å². The van der Waals surface area contributed by atoms with E-state index in [0.29, 0.717) is 28.5 Å². The second kappa shape index (κ2) is 10.4.